The van der Waals surface area contributed by atoms with Gasteiger partial charge in [-0.05, 0) is 31.2 Å². The highest BCUT2D eigenvalue weighted by molar-refractivity contribution is 7.09. The van der Waals surface area contributed by atoms with Crippen LogP contribution in [0, 0.1) is 6.92 Å². The fraction of sp³-hybridized carbons (Fsp3) is 0.320. The summed E-state index contributed by atoms with van der Waals surface area (Å²) >= 11 is 1.39. The second-order valence-electron chi connectivity index (χ2n) is 8.44. The first-order chi connectivity index (χ1) is 18.1. The first-order valence-corrected chi connectivity index (χ1v) is 12.9. The number of carbonyl (C=O) groups is 1. The lowest BCUT2D eigenvalue weighted by atomic mass is 10.3. The van der Waals surface area contributed by atoms with Gasteiger partial charge < -0.3 is 15.4 Å². The van der Waals surface area contributed by atoms with Gasteiger partial charge in [0.1, 0.15) is 34.8 Å². The number of aromatic nitrogens is 6. The summed E-state index contributed by atoms with van der Waals surface area (Å²) in [7, 11) is 0. The number of aryl methyl sites for hydroxylation is 1. The highest BCUT2D eigenvalue weighted by Gasteiger charge is 2.15. The van der Waals surface area contributed by atoms with E-state index in [9.17, 15) is 4.79 Å². The van der Waals surface area contributed by atoms with Crippen LogP contribution >= 0.6 is 11.3 Å². The first-order valence-electron chi connectivity index (χ1n) is 12.0. The summed E-state index contributed by atoms with van der Waals surface area (Å²) in [6.45, 7) is 6.88. The molecule has 11 nitrogen and oxygen atoms in total. The van der Waals surface area contributed by atoms with E-state index in [0.717, 1.165) is 43.4 Å². The van der Waals surface area contributed by atoms with E-state index in [0.29, 0.717) is 47.7 Å². The summed E-state index contributed by atoms with van der Waals surface area (Å²) in [6, 6.07) is 9.26. The average molecular weight is 518 g/mol. The lowest BCUT2D eigenvalue weighted by molar-refractivity contribution is 0.0450. The van der Waals surface area contributed by atoms with Gasteiger partial charge in [-0.1, -0.05) is 6.07 Å². The normalized spacial score (nSPS) is 13.9. The fourth-order valence-electron chi connectivity index (χ4n) is 3.80. The largest absolute Gasteiger partial charge is 0.460 e. The van der Waals surface area contributed by atoms with Crippen molar-refractivity contribution in [3.63, 3.8) is 0 Å². The highest BCUT2D eigenvalue weighted by atomic mass is 32.1. The summed E-state index contributed by atoms with van der Waals surface area (Å²) in [6.07, 6.45) is 3.75. The number of hydrogen-bond acceptors (Lipinski definition) is 12. The van der Waals surface area contributed by atoms with Crippen LogP contribution in [-0.2, 0) is 11.2 Å². The summed E-state index contributed by atoms with van der Waals surface area (Å²) in [4.78, 5) is 41.4. The number of rotatable bonds is 9. The van der Waals surface area contributed by atoms with E-state index in [1.54, 1.807) is 29.9 Å². The molecule has 0 aliphatic carbocycles. The van der Waals surface area contributed by atoms with Gasteiger partial charge in [0, 0.05) is 56.2 Å². The van der Waals surface area contributed by atoms with E-state index < -0.39 is 5.97 Å². The molecule has 0 bridgehead atoms. The quantitative estimate of drug-likeness (QED) is 0.317. The van der Waals surface area contributed by atoms with E-state index in [1.807, 2.05) is 25.1 Å². The maximum absolute atomic E-state index is 12.4. The first kappa shape index (κ1) is 24.8. The summed E-state index contributed by atoms with van der Waals surface area (Å²) in [5, 5.41) is 8.96. The molecule has 37 heavy (non-hydrogen) atoms. The SMILES string of the molecule is Cc1cccc(-c2nccc(Nc3ccnc(Cc4nc(C(=O)OCCN5CCNCC5)cs4)n3)n2)n1. The van der Waals surface area contributed by atoms with Crippen LogP contribution in [0.15, 0.2) is 48.1 Å². The number of hydrogen-bond donors (Lipinski definition) is 2. The Hall–Kier alpha value is -3.87. The molecule has 12 heteroatoms. The molecule has 5 heterocycles. The van der Waals surface area contributed by atoms with Crippen LogP contribution in [0.5, 0.6) is 0 Å². The van der Waals surface area contributed by atoms with Crippen LogP contribution < -0.4 is 10.6 Å². The molecule has 0 aromatic carbocycles. The number of ether oxygens (including phenoxy) is 1. The second kappa shape index (κ2) is 11.9. The van der Waals surface area contributed by atoms with Gasteiger partial charge in [-0.3, -0.25) is 4.90 Å². The third-order valence-corrected chi connectivity index (χ3v) is 6.50. The van der Waals surface area contributed by atoms with Crippen molar-refractivity contribution in [2.24, 2.45) is 0 Å². The molecule has 2 N–H and O–H groups in total. The maximum atomic E-state index is 12.4. The van der Waals surface area contributed by atoms with E-state index >= 15 is 0 Å². The molecular weight excluding hydrogens is 490 g/mol. The standard InChI is InChI=1S/C25H27N9O2S/c1-17-3-2-4-18(29-17)24-28-8-6-21(33-24)31-20-5-7-27-22(32-20)15-23-30-19(16-37-23)25(35)36-14-13-34-11-9-26-10-12-34/h2-8,16,26H,9-15H2,1H3,(H,27,28,31,32,33). The smallest absolute Gasteiger partial charge is 0.357 e. The molecule has 0 saturated carbocycles. The van der Waals surface area contributed by atoms with E-state index in [4.69, 9.17) is 4.74 Å². The Morgan fingerprint density at radius 3 is 2.70 bits per heavy atom. The molecule has 4 aromatic heterocycles. The fourth-order valence-corrected chi connectivity index (χ4v) is 4.56. The molecule has 0 spiro atoms. The molecule has 4 aromatic rings. The monoisotopic (exact) mass is 517 g/mol. The van der Waals surface area contributed by atoms with Crippen molar-refractivity contribution in [1.82, 2.24) is 40.1 Å². The van der Waals surface area contributed by atoms with Gasteiger partial charge in [-0.25, -0.2) is 34.7 Å². The van der Waals surface area contributed by atoms with Gasteiger partial charge in [-0.15, -0.1) is 11.3 Å². The number of anilines is 2. The molecule has 1 fully saturated rings. The molecule has 0 atom stereocenters. The minimum Gasteiger partial charge on any atom is -0.460 e. The Morgan fingerprint density at radius 1 is 1.05 bits per heavy atom. The highest BCUT2D eigenvalue weighted by Crippen LogP contribution is 2.18. The molecule has 190 valence electrons. The Bertz CT molecular complexity index is 1360. The predicted molar refractivity (Wildman–Crippen MR) is 140 cm³/mol. The van der Waals surface area contributed by atoms with Crippen LogP contribution in [0.2, 0.25) is 0 Å². The van der Waals surface area contributed by atoms with Crippen LogP contribution in [0.25, 0.3) is 11.5 Å². The summed E-state index contributed by atoms with van der Waals surface area (Å²) < 4.78 is 5.41. The van der Waals surface area contributed by atoms with E-state index in [1.165, 1.54) is 11.3 Å². The van der Waals surface area contributed by atoms with Crippen molar-refractivity contribution < 1.29 is 9.53 Å². The molecule has 1 aliphatic rings. The zero-order valence-corrected chi connectivity index (χ0v) is 21.2. The molecule has 5 rings (SSSR count). The van der Waals surface area contributed by atoms with E-state index in [2.05, 4.69) is 45.4 Å². The zero-order valence-electron chi connectivity index (χ0n) is 20.4. The molecule has 1 aliphatic heterocycles. The number of pyridine rings is 1. The number of piperazine rings is 1. The molecule has 0 radical (unpaired) electrons. The van der Waals surface area contributed by atoms with Gasteiger partial charge in [0.25, 0.3) is 0 Å². The molecule has 0 amide bonds. The van der Waals surface area contributed by atoms with Gasteiger partial charge in [0.2, 0.25) is 0 Å². The van der Waals surface area contributed by atoms with Crippen LogP contribution in [0.1, 0.15) is 27.0 Å². The minimum atomic E-state index is -0.406. The van der Waals surface area contributed by atoms with Crippen LogP contribution in [-0.4, -0.2) is 80.1 Å². The molecule has 1 saturated heterocycles. The lowest BCUT2D eigenvalue weighted by Gasteiger charge is -2.26. The number of nitrogens with zero attached hydrogens (tertiary/aromatic N) is 7. The summed E-state index contributed by atoms with van der Waals surface area (Å²) in [5.41, 5.74) is 1.91. The minimum absolute atomic E-state index is 0.313. The van der Waals surface area contributed by atoms with Crippen LogP contribution in [0.4, 0.5) is 11.6 Å². The topological polar surface area (TPSA) is 131 Å². The van der Waals surface area contributed by atoms with Crippen molar-refractivity contribution in [2.45, 2.75) is 13.3 Å². The van der Waals surface area contributed by atoms with Crippen molar-refractivity contribution in [3.8, 4) is 11.5 Å². The third-order valence-electron chi connectivity index (χ3n) is 5.66. The number of thiazole rings is 1. The number of esters is 1. The van der Waals surface area contributed by atoms with Gasteiger partial charge in [0.15, 0.2) is 11.5 Å². The van der Waals surface area contributed by atoms with Crippen molar-refractivity contribution >= 4 is 28.9 Å². The number of carbonyl (C=O) groups excluding carboxylic acids is 1. The van der Waals surface area contributed by atoms with E-state index in [-0.39, 0.29) is 0 Å². The van der Waals surface area contributed by atoms with Crippen LogP contribution in [0.3, 0.4) is 0 Å². The van der Waals surface area contributed by atoms with Crippen molar-refractivity contribution in [2.75, 3.05) is 44.6 Å². The zero-order chi connectivity index (χ0) is 25.5. The van der Waals surface area contributed by atoms with Gasteiger partial charge >= 0.3 is 5.97 Å². The predicted octanol–water partition coefficient (Wildman–Crippen LogP) is 2.49. The van der Waals surface area contributed by atoms with Crippen molar-refractivity contribution in [3.05, 3.63) is 70.3 Å². The summed E-state index contributed by atoms with van der Waals surface area (Å²) in [5.74, 6) is 1.89. The second-order valence-corrected chi connectivity index (χ2v) is 9.39. The maximum Gasteiger partial charge on any atom is 0.357 e. The van der Waals surface area contributed by atoms with Crippen molar-refractivity contribution in [1.29, 1.82) is 0 Å². The molecular formula is C25H27N9O2S. The Morgan fingerprint density at radius 2 is 1.86 bits per heavy atom. The lowest BCUT2D eigenvalue weighted by Crippen LogP contribution is -2.44. The molecule has 0 unspecified atom stereocenters. The average Bonchev–Trinajstić information content (AvgIpc) is 3.38. The number of nitrogens with one attached hydrogen (secondary N) is 2. The Balaban J connectivity index is 1.18. The Labute approximate surface area is 218 Å². The Kier molecular flexibility index (Phi) is 7.99. The van der Waals surface area contributed by atoms with Gasteiger partial charge in [-0.2, -0.15) is 0 Å². The van der Waals surface area contributed by atoms with Gasteiger partial charge in [0.05, 0.1) is 6.42 Å². The third kappa shape index (κ3) is 6.88.